The summed E-state index contributed by atoms with van der Waals surface area (Å²) in [6, 6.07) is 18.3. The van der Waals surface area contributed by atoms with Crippen molar-refractivity contribution in [3.8, 4) is 5.75 Å². The number of pyridine rings is 2. The van der Waals surface area contributed by atoms with E-state index in [9.17, 15) is 0 Å². The molecule has 0 radical (unpaired) electrons. The van der Waals surface area contributed by atoms with Crippen molar-refractivity contribution in [2.45, 2.75) is 0 Å². The molecule has 2 aromatic carbocycles. The van der Waals surface area contributed by atoms with Crippen molar-refractivity contribution in [1.82, 2.24) is 14.4 Å². The fourth-order valence-electron chi connectivity index (χ4n) is 3.28. The van der Waals surface area contributed by atoms with Gasteiger partial charge in [0.15, 0.2) is 0 Å². The summed E-state index contributed by atoms with van der Waals surface area (Å²) in [4.78, 5) is 9.46. The first kappa shape index (κ1) is 12.4. The Labute approximate surface area is 132 Å². The molecule has 0 fully saturated rings. The SMILES string of the molecule is COc1ccc2c(c1)c1ncccc1n1c3ccccc3nc21. The summed E-state index contributed by atoms with van der Waals surface area (Å²) in [5, 5.41) is 2.14. The van der Waals surface area contributed by atoms with Gasteiger partial charge in [0.25, 0.3) is 0 Å². The first-order valence-corrected chi connectivity index (χ1v) is 7.48. The number of hydrogen-bond donors (Lipinski definition) is 0. The standard InChI is InChI=1S/C19H13N3O/c1-23-12-8-9-13-14(11-12)18-17(7-4-10-20-18)22-16-6-3-2-5-15(16)21-19(13)22/h2-11H,1H3. The Morgan fingerprint density at radius 2 is 1.78 bits per heavy atom. The Bertz CT molecular complexity index is 1210. The molecule has 5 rings (SSSR count). The van der Waals surface area contributed by atoms with Crippen molar-refractivity contribution in [3.63, 3.8) is 0 Å². The quantitative estimate of drug-likeness (QED) is 0.435. The van der Waals surface area contributed by atoms with Crippen molar-refractivity contribution in [2.24, 2.45) is 0 Å². The van der Waals surface area contributed by atoms with E-state index in [1.807, 2.05) is 42.6 Å². The zero-order chi connectivity index (χ0) is 15.4. The molecule has 0 amide bonds. The van der Waals surface area contributed by atoms with Crippen LogP contribution in [0, 0.1) is 0 Å². The number of hydrogen-bond acceptors (Lipinski definition) is 3. The summed E-state index contributed by atoms with van der Waals surface area (Å²) in [7, 11) is 1.68. The minimum absolute atomic E-state index is 0.824. The summed E-state index contributed by atoms with van der Waals surface area (Å²) in [5.41, 5.74) is 5.04. The van der Waals surface area contributed by atoms with Crippen LogP contribution in [0.15, 0.2) is 60.8 Å². The molecule has 23 heavy (non-hydrogen) atoms. The number of fused-ring (bicyclic) bond motifs is 8. The lowest BCUT2D eigenvalue weighted by Gasteiger charge is -2.09. The lowest BCUT2D eigenvalue weighted by Crippen LogP contribution is -1.93. The van der Waals surface area contributed by atoms with E-state index < -0.39 is 0 Å². The third-order valence-electron chi connectivity index (χ3n) is 4.31. The van der Waals surface area contributed by atoms with Crippen LogP contribution in [-0.2, 0) is 0 Å². The average molecular weight is 299 g/mol. The number of benzene rings is 2. The molecular weight excluding hydrogens is 286 g/mol. The molecule has 0 bridgehead atoms. The Morgan fingerprint density at radius 3 is 2.70 bits per heavy atom. The highest BCUT2D eigenvalue weighted by molar-refractivity contribution is 6.12. The summed E-state index contributed by atoms with van der Waals surface area (Å²) in [5.74, 6) is 0.824. The van der Waals surface area contributed by atoms with Crippen molar-refractivity contribution < 1.29 is 4.74 Å². The Kier molecular flexibility index (Phi) is 2.39. The van der Waals surface area contributed by atoms with E-state index in [0.29, 0.717) is 0 Å². The number of ether oxygens (including phenoxy) is 1. The molecule has 0 aliphatic carbocycles. The minimum atomic E-state index is 0.824. The van der Waals surface area contributed by atoms with E-state index >= 15 is 0 Å². The highest BCUT2D eigenvalue weighted by Gasteiger charge is 2.14. The summed E-state index contributed by atoms with van der Waals surface area (Å²) in [6.45, 7) is 0. The maximum absolute atomic E-state index is 5.39. The van der Waals surface area contributed by atoms with Gasteiger partial charge in [0, 0.05) is 17.0 Å². The van der Waals surface area contributed by atoms with Crippen LogP contribution in [-0.4, -0.2) is 21.5 Å². The van der Waals surface area contributed by atoms with Gasteiger partial charge in [-0.05, 0) is 42.5 Å². The van der Waals surface area contributed by atoms with Gasteiger partial charge < -0.3 is 4.74 Å². The average Bonchev–Trinajstić information content (AvgIpc) is 3.01. The van der Waals surface area contributed by atoms with E-state index in [1.165, 1.54) is 0 Å². The normalized spacial score (nSPS) is 11.7. The maximum atomic E-state index is 5.39. The van der Waals surface area contributed by atoms with Crippen LogP contribution in [0.1, 0.15) is 0 Å². The van der Waals surface area contributed by atoms with Gasteiger partial charge in [-0.2, -0.15) is 0 Å². The number of imidazole rings is 1. The second kappa shape index (κ2) is 4.43. The molecular formula is C19H13N3O. The van der Waals surface area contributed by atoms with Gasteiger partial charge in [-0.15, -0.1) is 0 Å². The molecule has 0 spiro atoms. The molecule has 0 unspecified atom stereocenters. The van der Waals surface area contributed by atoms with Crippen molar-refractivity contribution in [3.05, 3.63) is 60.8 Å². The molecule has 0 saturated carbocycles. The van der Waals surface area contributed by atoms with Crippen LogP contribution < -0.4 is 4.74 Å². The molecule has 4 heteroatoms. The molecule has 5 aromatic rings. The number of rotatable bonds is 1. The van der Waals surface area contributed by atoms with Crippen molar-refractivity contribution in [1.29, 1.82) is 0 Å². The second-order valence-electron chi connectivity index (χ2n) is 5.54. The van der Waals surface area contributed by atoms with E-state index in [0.717, 1.165) is 44.2 Å². The molecule has 0 aliphatic heterocycles. The van der Waals surface area contributed by atoms with Gasteiger partial charge >= 0.3 is 0 Å². The lowest BCUT2D eigenvalue weighted by molar-refractivity contribution is 0.415. The Morgan fingerprint density at radius 1 is 0.913 bits per heavy atom. The summed E-state index contributed by atoms with van der Waals surface area (Å²) < 4.78 is 7.57. The van der Waals surface area contributed by atoms with E-state index in [2.05, 4.69) is 27.6 Å². The van der Waals surface area contributed by atoms with Crippen LogP contribution >= 0.6 is 0 Å². The molecule has 0 saturated heterocycles. The molecule has 0 N–H and O–H groups in total. The molecule has 0 aliphatic rings. The summed E-state index contributed by atoms with van der Waals surface area (Å²) in [6.07, 6.45) is 1.83. The minimum Gasteiger partial charge on any atom is -0.497 e. The highest BCUT2D eigenvalue weighted by atomic mass is 16.5. The van der Waals surface area contributed by atoms with E-state index in [-0.39, 0.29) is 0 Å². The van der Waals surface area contributed by atoms with Crippen LogP contribution in [0.4, 0.5) is 0 Å². The zero-order valence-electron chi connectivity index (χ0n) is 12.5. The fourth-order valence-corrected chi connectivity index (χ4v) is 3.28. The lowest BCUT2D eigenvalue weighted by atomic mass is 10.1. The molecule has 3 aromatic heterocycles. The van der Waals surface area contributed by atoms with Crippen LogP contribution in [0.2, 0.25) is 0 Å². The van der Waals surface area contributed by atoms with Crippen LogP contribution in [0.3, 0.4) is 0 Å². The number of methoxy groups -OCH3 is 1. The van der Waals surface area contributed by atoms with Gasteiger partial charge in [0.1, 0.15) is 11.4 Å². The fraction of sp³-hybridized carbons (Fsp3) is 0.0526. The van der Waals surface area contributed by atoms with Crippen molar-refractivity contribution >= 4 is 38.5 Å². The first-order valence-electron chi connectivity index (χ1n) is 7.48. The third kappa shape index (κ3) is 1.60. The van der Waals surface area contributed by atoms with Gasteiger partial charge in [0.05, 0.1) is 29.2 Å². The number of para-hydroxylation sites is 2. The topological polar surface area (TPSA) is 39.4 Å². The molecule has 110 valence electrons. The largest absolute Gasteiger partial charge is 0.497 e. The van der Waals surface area contributed by atoms with Gasteiger partial charge in [0.2, 0.25) is 0 Å². The highest BCUT2D eigenvalue weighted by Crippen LogP contribution is 2.32. The molecule has 4 nitrogen and oxygen atoms in total. The van der Waals surface area contributed by atoms with Gasteiger partial charge in [-0.25, -0.2) is 4.98 Å². The Hall–Kier alpha value is -3.14. The zero-order valence-corrected chi connectivity index (χ0v) is 12.5. The molecule has 3 heterocycles. The maximum Gasteiger partial charge on any atom is 0.146 e. The van der Waals surface area contributed by atoms with E-state index in [1.54, 1.807) is 7.11 Å². The molecule has 0 atom stereocenters. The number of aromatic nitrogens is 3. The summed E-state index contributed by atoms with van der Waals surface area (Å²) >= 11 is 0. The predicted molar refractivity (Wildman–Crippen MR) is 92.1 cm³/mol. The smallest absolute Gasteiger partial charge is 0.146 e. The van der Waals surface area contributed by atoms with Gasteiger partial charge in [-0.1, -0.05) is 12.1 Å². The monoisotopic (exact) mass is 299 g/mol. The predicted octanol–water partition coefficient (Wildman–Crippen LogP) is 4.20. The van der Waals surface area contributed by atoms with Gasteiger partial charge in [-0.3, -0.25) is 9.38 Å². The van der Waals surface area contributed by atoms with Crippen LogP contribution in [0.5, 0.6) is 5.75 Å². The van der Waals surface area contributed by atoms with E-state index in [4.69, 9.17) is 9.72 Å². The Balaban J connectivity index is 2.15. The third-order valence-corrected chi connectivity index (χ3v) is 4.31. The van der Waals surface area contributed by atoms with Crippen LogP contribution in [0.25, 0.3) is 38.5 Å². The first-order chi connectivity index (χ1) is 11.4. The second-order valence-corrected chi connectivity index (χ2v) is 5.54. The van der Waals surface area contributed by atoms with Crippen molar-refractivity contribution in [2.75, 3.05) is 7.11 Å². The number of nitrogens with zero attached hydrogens (tertiary/aromatic N) is 3.